The molecular formula is C16H24N4O5. The predicted molar refractivity (Wildman–Crippen MR) is 93.6 cm³/mol. The molecule has 9 nitrogen and oxygen atoms in total. The van der Waals surface area contributed by atoms with E-state index in [0.29, 0.717) is 30.4 Å². The SMILES string of the molecule is CCOc1cc(OC(C)=O)cc(OCC)c1N(C)C(=O)N(C)C(=N)N. The van der Waals surface area contributed by atoms with Gasteiger partial charge in [-0.05, 0) is 13.8 Å². The van der Waals surface area contributed by atoms with Crippen LogP contribution in [0.5, 0.6) is 17.2 Å². The minimum absolute atomic E-state index is 0.240. The standard InChI is InChI=1S/C16H24N4O5/c1-6-23-12-8-11(25-10(3)21)9-13(24-7-2)14(12)19(4)16(22)20(5)15(17)18/h8-9H,6-7H2,1-5H3,(H3,17,18). The molecule has 0 unspecified atom stereocenters. The number of urea groups is 1. The normalized spacial score (nSPS) is 9.96. The number of nitrogens with zero attached hydrogens (tertiary/aromatic N) is 2. The van der Waals surface area contributed by atoms with Crippen LogP contribution < -0.4 is 24.8 Å². The van der Waals surface area contributed by atoms with Crippen molar-refractivity contribution in [2.45, 2.75) is 20.8 Å². The Labute approximate surface area is 146 Å². The second-order valence-electron chi connectivity index (χ2n) is 5.01. The highest BCUT2D eigenvalue weighted by atomic mass is 16.5. The van der Waals surface area contributed by atoms with Crippen molar-refractivity contribution >= 4 is 23.6 Å². The third-order valence-corrected chi connectivity index (χ3v) is 3.15. The lowest BCUT2D eigenvalue weighted by Gasteiger charge is -2.27. The molecule has 0 aliphatic carbocycles. The van der Waals surface area contributed by atoms with Gasteiger partial charge in [-0.1, -0.05) is 0 Å². The molecule has 1 aromatic carbocycles. The van der Waals surface area contributed by atoms with Gasteiger partial charge in [0, 0.05) is 33.2 Å². The van der Waals surface area contributed by atoms with Crippen molar-refractivity contribution in [2.75, 3.05) is 32.2 Å². The molecule has 9 heteroatoms. The summed E-state index contributed by atoms with van der Waals surface area (Å²) >= 11 is 0. The molecule has 0 radical (unpaired) electrons. The fourth-order valence-corrected chi connectivity index (χ4v) is 2.07. The van der Waals surface area contributed by atoms with E-state index in [0.717, 1.165) is 4.90 Å². The molecule has 0 bridgehead atoms. The summed E-state index contributed by atoms with van der Waals surface area (Å²) in [5.74, 6) is -0.0402. The Morgan fingerprint density at radius 3 is 1.96 bits per heavy atom. The van der Waals surface area contributed by atoms with E-state index in [1.165, 1.54) is 38.1 Å². The van der Waals surface area contributed by atoms with E-state index in [1.807, 2.05) is 0 Å². The van der Waals surface area contributed by atoms with Crippen LogP contribution >= 0.6 is 0 Å². The summed E-state index contributed by atoms with van der Waals surface area (Å²) < 4.78 is 16.3. The van der Waals surface area contributed by atoms with Gasteiger partial charge in [0.1, 0.15) is 11.4 Å². The van der Waals surface area contributed by atoms with Crippen molar-refractivity contribution in [2.24, 2.45) is 5.73 Å². The molecule has 2 amide bonds. The van der Waals surface area contributed by atoms with Crippen molar-refractivity contribution in [3.05, 3.63) is 12.1 Å². The van der Waals surface area contributed by atoms with Gasteiger partial charge in [0.25, 0.3) is 0 Å². The molecule has 138 valence electrons. The minimum atomic E-state index is -0.547. The van der Waals surface area contributed by atoms with Crippen molar-refractivity contribution in [3.8, 4) is 17.2 Å². The summed E-state index contributed by atoms with van der Waals surface area (Å²) in [6.45, 7) is 5.50. The van der Waals surface area contributed by atoms with Crippen LogP contribution in [0.1, 0.15) is 20.8 Å². The van der Waals surface area contributed by atoms with Gasteiger partial charge < -0.3 is 19.9 Å². The molecule has 0 aromatic heterocycles. The monoisotopic (exact) mass is 352 g/mol. The van der Waals surface area contributed by atoms with Crippen LogP contribution in [0.3, 0.4) is 0 Å². The van der Waals surface area contributed by atoms with Gasteiger partial charge in [-0.15, -0.1) is 0 Å². The first kappa shape index (κ1) is 20.1. The Bertz CT molecular complexity index is 635. The van der Waals surface area contributed by atoms with Gasteiger partial charge in [-0.2, -0.15) is 0 Å². The number of carbonyl (C=O) groups excluding carboxylic acids is 2. The highest BCUT2D eigenvalue weighted by molar-refractivity contribution is 6.03. The smallest absolute Gasteiger partial charge is 0.330 e. The third kappa shape index (κ3) is 5.00. The minimum Gasteiger partial charge on any atom is -0.491 e. The van der Waals surface area contributed by atoms with Gasteiger partial charge >= 0.3 is 12.0 Å². The molecule has 0 spiro atoms. The van der Waals surface area contributed by atoms with E-state index in [-0.39, 0.29) is 5.75 Å². The number of amides is 2. The van der Waals surface area contributed by atoms with Crippen LogP contribution in [-0.2, 0) is 4.79 Å². The van der Waals surface area contributed by atoms with Gasteiger partial charge in [-0.3, -0.25) is 20.0 Å². The lowest BCUT2D eigenvalue weighted by atomic mass is 10.2. The summed E-state index contributed by atoms with van der Waals surface area (Å²) in [6, 6.07) is 2.45. The van der Waals surface area contributed by atoms with Crippen molar-refractivity contribution in [3.63, 3.8) is 0 Å². The molecule has 0 saturated heterocycles. The summed E-state index contributed by atoms with van der Waals surface area (Å²) in [7, 11) is 2.89. The summed E-state index contributed by atoms with van der Waals surface area (Å²) in [4.78, 5) is 26.0. The number of esters is 1. The molecule has 0 atom stereocenters. The van der Waals surface area contributed by atoms with E-state index in [2.05, 4.69) is 0 Å². The Balaban J connectivity index is 3.45. The molecular weight excluding hydrogens is 328 g/mol. The molecule has 0 aliphatic rings. The molecule has 3 N–H and O–H groups in total. The molecule has 0 saturated carbocycles. The zero-order valence-electron chi connectivity index (χ0n) is 15.1. The third-order valence-electron chi connectivity index (χ3n) is 3.15. The molecule has 0 fully saturated rings. The number of benzene rings is 1. The van der Waals surface area contributed by atoms with Crippen LogP contribution in [0, 0.1) is 5.41 Å². The van der Waals surface area contributed by atoms with Crippen LogP contribution in [0.4, 0.5) is 10.5 Å². The first-order chi connectivity index (χ1) is 11.7. The Hall–Kier alpha value is -2.97. The van der Waals surface area contributed by atoms with E-state index in [1.54, 1.807) is 13.8 Å². The number of carbonyl (C=O) groups is 2. The first-order valence-electron chi connectivity index (χ1n) is 7.70. The molecule has 25 heavy (non-hydrogen) atoms. The number of hydrogen-bond acceptors (Lipinski definition) is 6. The summed E-state index contributed by atoms with van der Waals surface area (Å²) in [5.41, 5.74) is 5.71. The highest BCUT2D eigenvalue weighted by Gasteiger charge is 2.25. The van der Waals surface area contributed by atoms with Crippen molar-refractivity contribution in [1.29, 1.82) is 5.41 Å². The fraction of sp³-hybridized carbons (Fsp3) is 0.438. The van der Waals surface area contributed by atoms with E-state index in [9.17, 15) is 9.59 Å². The predicted octanol–water partition coefficient (Wildman–Crippen LogP) is 1.79. The number of guanidine groups is 1. The number of rotatable bonds is 6. The zero-order valence-corrected chi connectivity index (χ0v) is 15.1. The maximum Gasteiger partial charge on any atom is 0.330 e. The molecule has 1 aromatic rings. The number of anilines is 1. The van der Waals surface area contributed by atoms with Gasteiger partial charge in [0.15, 0.2) is 17.5 Å². The van der Waals surface area contributed by atoms with Gasteiger partial charge in [-0.25, -0.2) is 4.79 Å². The molecule has 1 rings (SSSR count). The number of nitrogens with one attached hydrogen (secondary N) is 1. The topological polar surface area (TPSA) is 118 Å². The zero-order chi connectivity index (χ0) is 19.1. The number of hydrogen-bond donors (Lipinski definition) is 2. The first-order valence-corrected chi connectivity index (χ1v) is 7.70. The summed E-state index contributed by atoms with van der Waals surface area (Å²) in [6.07, 6.45) is 0. The highest BCUT2D eigenvalue weighted by Crippen LogP contribution is 2.42. The Morgan fingerprint density at radius 2 is 1.60 bits per heavy atom. The molecule has 0 heterocycles. The Morgan fingerprint density at radius 1 is 1.12 bits per heavy atom. The summed E-state index contributed by atoms with van der Waals surface area (Å²) in [5, 5.41) is 7.40. The second-order valence-corrected chi connectivity index (χ2v) is 5.01. The average molecular weight is 352 g/mol. The fourth-order valence-electron chi connectivity index (χ4n) is 2.07. The number of ether oxygens (including phenoxy) is 3. The van der Waals surface area contributed by atoms with Gasteiger partial charge in [0.2, 0.25) is 0 Å². The average Bonchev–Trinajstić information content (AvgIpc) is 2.52. The van der Waals surface area contributed by atoms with Crippen molar-refractivity contribution in [1.82, 2.24) is 4.90 Å². The van der Waals surface area contributed by atoms with E-state index >= 15 is 0 Å². The maximum atomic E-state index is 12.5. The van der Waals surface area contributed by atoms with Crippen LogP contribution in [0.2, 0.25) is 0 Å². The van der Waals surface area contributed by atoms with E-state index in [4.69, 9.17) is 25.4 Å². The quantitative estimate of drug-likeness (QED) is 0.349. The van der Waals surface area contributed by atoms with E-state index < -0.39 is 18.0 Å². The Kier molecular flexibility index (Phi) is 7.04. The second kappa shape index (κ2) is 8.76. The lowest BCUT2D eigenvalue weighted by Crippen LogP contribution is -2.45. The van der Waals surface area contributed by atoms with Crippen LogP contribution in [-0.4, -0.2) is 50.2 Å². The maximum absolute atomic E-state index is 12.5. The van der Waals surface area contributed by atoms with Crippen LogP contribution in [0.25, 0.3) is 0 Å². The lowest BCUT2D eigenvalue weighted by molar-refractivity contribution is -0.131. The number of nitrogens with two attached hydrogens (primary N) is 1. The molecule has 0 aliphatic heterocycles. The largest absolute Gasteiger partial charge is 0.491 e. The van der Waals surface area contributed by atoms with Crippen LogP contribution in [0.15, 0.2) is 12.1 Å². The van der Waals surface area contributed by atoms with Crippen molar-refractivity contribution < 1.29 is 23.8 Å². The van der Waals surface area contributed by atoms with Gasteiger partial charge in [0.05, 0.1) is 13.2 Å².